The summed E-state index contributed by atoms with van der Waals surface area (Å²) in [7, 11) is 0. The van der Waals surface area contributed by atoms with Crippen molar-refractivity contribution in [2.45, 2.75) is 25.9 Å². The lowest BCUT2D eigenvalue weighted by molar-refractivity contribution is -0.146. The number of rotatable bonds is 4. The molecule has 0 unspecified atom stereocenters. The van der Waals surface area contributed by atoms with Gasteiger partial charge in [-0.3, -0.25) is 4.79 Å². The van der Waals surface area contributed by atoms with Crippen LogP contribution in [0.15, 0.2) is 54.6 Å². The van der Waals surface area contributed by atoms with Gasteiger partial charge in [0.15, 0.2) is 0 Å². The highest BCUT2D eigenvalue weighted by atomic mass is 16.5. The molecule has 2 atom stereocenters. The molecule has 2 nitrogen and oxygen atoms in total. The molecule has 2 heteroatoms. The van der Waals surface area contributed by atoms with Crippen LogP contribution in [0.2, 0.25) is 0 Å². The maximum atomic E-state index is 12.0. The monoisotopic (exact) mass is 266 g/mol. The highest BCUT2D eigenvalue weighted by molar-refractivity contribution is 5.77. The predicted octanol–water partition coefficient (Wildman–Crippen LogP) is 3.84. The minimum absolute atomic E-state index is 0.0430. The Labute approximate surface area is 119 Å². The first-order valence-corrected chi connectivity index (χ1v) is 7.01. The Morgan fingerprint density at radius 3 is 2.50 bits per heavy atom. The molecular weight excluding hydrogens is 248 g/mol. The Morgan fingerprint density at radius 2 is 1.80 bits per heavy atom. The molecule has 0 N–H and O–H groups in total. The summed E-state index contributed by atoms with van der Waals surface area (Å²) in [5.41, 5.74) is 3.53. The van der Waals surface area contributed by atoms with E-state index in [4.69, 9.17) is 4.74 Å². The normalized spacial score (nSPS) is 20.4. The summed E-state index contributed by atoms with van der Waals surface area (Å²) in [6.07, 6.45) is 0.913. The van der Waals surface area contributed by atoms with Crippen molar-refractivity contribution in [2.75, 3.05) is 0 Å². The molecular formula is C18H18O2. The van der Waals surface area contributed by atoms with Crippen LogP contribution in [0, 0.1) is 12.8 Å². The van der Waals surface area contributed by atoms with Crippen LogP contribution in [0.4, 0.5) is 0 Å². The molecule has 0 spiro atoms. The van der Waals surface area contributed by atoms with E-state index in [2.05, 4.69) is 31.2 Å². The summed E-state index contributed by atoms with van der Waals surface area (Å²) >= 11 is 0. The topological polar surface area (TPSA) is 26.3 Å². The number of carbonyl (C=O) groups excluding carboxylic acids is 1. The maximum Gasteiger partial charge on any atom is 0.309 e. The minimum atomic E-state index is -0.0700. The summed E-state index contributed by atoms with van der Waals surface area (Å²) in [6, 6.07) is 18.2. The lowest BCUT2D eigenvalue weighted by Gasteiger charge is -2.05. The minimum Gasteiger partial charge on any atom is -0.461 e. The third-order valence-electron chi connectivity index (χ3n) is 3.82. The summed E-state index contributed by atoms with van der Waals surface area (Å²) < 4.78 is 5.39. The van der Waals surface area contributed by atoms with Gasteiger partial charge < -0.3 is 4.74 Å². The fourth-order valence-corrected chi connectivity index (χ4v) is 2.47. The SMILES string of the molecule is Cc1ccc([C@@H]2C[C@H]2C(=O)OCc2ccccc2)cc1. The largest absolute Gasteiger partial charge is 0.461 e. The van der Waals surface area contributed by atoms with Gasteiger partial charge in [-0.15, -0.1) is 0 Å². The third kappa shape index (κ3) is 2.90. The number of aryl methyl sites for hydroxylation is 1. The van der Waals surface area contributed by atoms with Gasteiger partial charge in [-0.1, -0.05) is 60.2 Å². The fourth-order valence-electron chi connectivity index (χ4n) is 2.47. The molecule has 2 aromatic rings. The lowest BCUT2D eigenvalue weighted by atomic mass is 10.1. The van der Waals surface area contributed by atoms with Crippen LogP contribution in [-0.2, 0) is 16.1 Å². The molecule has 3 rings (SSSR count). The predicted molar refractivity (Wildman–Crippen MR) is 78.3 cm³/mol. The summed E-state index contributed by atoms with van der Waals surface area (Å²) in [5.74, 6) is 0.319. The first-order valence-electron chi connectivity index (χ1n) is 7.01. The zero-order chi connectivity index (χ0) is 13.9. The standard InChI is InChI=1S/C18H18O2/c1-13-7-9-15(10-8-13)16-11-17(16)18(19)20-12-14-5-3-2-4-6-14/h2-10,16-17H,11-12H2,1H3/t16-,17+/m0/s1. The zero-order valence-corrected chi connectivity index (χ0v) is 11.6. The first kappa shape index (κ1) is 12.9. The fraction of sp³-hybridized carbons (Fsp3) is 0.278. The lowest BCUT2D eigenvalue weighted by Crippen LogP contribution is -2.07. The van der Waals surface area contributed by atoms with E-state index in [0.29, 0.717) is 12.5 Å². The van der Waals surface area contributed by atoms with E-state index < -0.39 is 0 Å². The number of esters is 1. The van der Waals surface area contributed by atoms with E-state index in [1.165, 1.54) is 11.1 Å². The molecule has 0 aliphatic heterocycles. The first-order chi connectivity index (χ1) is 9.74. The average Bonchev–Trinajstić information content (AvgIpc) is 3.27. The molecule has 0 heterocycles. The zero-order valence-electron chi connectivity index (χ0n) is 11.6. The van der Waals surface area contributed by atoms with Crippen molar-refractivity contribution in [2.24, 2.45) is 5.92 Å². The second-order valence-corrected chi connectivity index (χ2v) is 5.45. The average molecular weight is 266 g/mol. The highest BCUT2D eigenvalue weighted by Gasteiger charge is 2.45. The molecule has 0 amide bonds. The molecule has 0 saturated heterocycles. The van der Waals surface area contributed by atoms with E-state index in [9.17, 15) is 4.79 Å². The molecule has 2 aromatic carbocycles. The molecule has 0 bridgehead atoms. The summed E-state index contributed by atoms with van der Waals surface area (Å²) in [6.45, 7) is 2.44. The van der Waals surface area contributed by atoms with Gasteiger partial charge in [0.05, 0.1) is 5.92 Å². The number of carbonyl (C=O) groups is 1. The molecule has 1 saturated carbocycles. The van der Waals surface area contributed by atoms with Crippen molar-refractivity contribution < 1.29 is 9.53 Å². The Kier molecular flexibility index (Phi) is 3.55. The molecule has 1 fully saturated rings. The Hall–Kier alpha value is -2.09. The van der Waals surface area contributed by atoms with E-state index in [1.807, 2.05) is 30.3 Å². The molecule has 102 valence electrons. The van der Waals surface area contributed by atoms with Gasteiger partial charge in [-0.05, 0) is 30.4 Å². The van der Waals surface area contributed by atoms with Crippen LogP contribution >= 0.6 is 0 Å². The van der Waals surface area contributed by atoms with E-state index in [-0.39, 0.29) is 11.9 Å². The third-order valence-corrected chi connectivity index (χ3v) is 3.82. The Bertz CT molecular complexity index is 587. The van der Waals surface area contributed by atoms with Gasteiger partial charge in [-0.2, -0.15) is 0 Å². The van der Waals surface area contributed by atoms with Gasteiger partial charge in [0.25, 0.3) is 0 Å². The number of ether oxygens (including phenoxy) is 1. The van der Waals surface area contributed by atoms with Crippen LogP contribution in [0.3, 0.4) is 0 Å². The summed E-state index contributed by atoms with van der Waals surface area (Å²) in [5, 5.41) is 0. The van der Waals surface area contributed by atoms with Gasteiger partial charge in [0.2, 0.25) is 0 Å². The van der Waals surface area contributed by atoms with Crippen LogP contribution in [0.1, 0.15) is 29.0 Å². The van der Waals surface area contributed by atoms with Gasteiger partial charge in [0, 0.05) is 0 Å². The van der Waals surface area contributed by atoms with Crippen LogP contribution in [0.5, 0.6) is 0 Å². The highest BCUT2D eigenvalue weighted by Crippen LogP contribution is 2.48. The van der Waals surface area contributed by atoms with E-state index >= 15 is 0 Å². The second kappa shape index (κ2) is 5.49. The molecule has 20 heavy (non-hydrogen) atoms. The van der Waals surface area contributed by atoms with Gasteiger partial charge >= 0.3 is 5.97 Å². The number of hydrogen-bond donors (Lipinski definition) is 0. The van der Waals surface area contributed by atoms with Crippen LogP contribution < -0.4 is 0 Å². The number of hydrogen-bond acceptors (Lipinski definition) is 2. The van der Waals surface area contributed by atoms with E-state index in [1.54, 1.807) is 0 Å². The van der Waals surface area contributed by atoms with Crippen molar-refractivity contribution in [3.8, 4) is 0 Å². The van der Waals surface area contributed by atoms with Crippen molar-refractivity contribution in [1.29, 1.82) is 0 Å². The van der Waals surface area contributed by atoms with Crippen molar-refractivity contribution in [1.82, 2.24) is 0 Å². The maximum absolute atomic E-state index is 12.0. The van der Waals surface area contributed by atoms with Crippen LogP contribution in [-0.4, -0.2) is 5.97 Å². The Balaban J connectivity index is 1.54. The van der Waals surface area contributed by atoms with E-state index in [0.717, 1.165) is 12.0 Å². The summed E-state index contributed by atoms with van der Waals surface area (Å²) in [4.78, 5) is 12.0. The van der Waals surface area contributed by atoms with Crippen LogP contribution in [0.25, 0.3) is 0 Å². The molecule has 1 aliphatic carbocycles. The van der Waals surface area contributed by atoms with Crippen molar-refractivity contribution >= 4 is 5.97 Å². The van der Waals surface area contributed by atoms with Gasteiger partial charge in [0.1, 0.15) is 6.61 Å². The Morgan fingerprint density at radius 1 is 1.10 bits per heavy atom. The molecule has 1 aliphatic rings. The molecule has 0 radical (unpaired) electrons. The number of benzene rings is 2. The van der Waals surface area contributed by atoms with Crippen molar-refractivity contribution in [3.05, 3.63) is 71.3 Å². The second-order valence-electron chi connectivity index (χ2n) is 5.45. The van der Waals surface area contributed by atoms with Crippen molar-refractivity contribution in [3.63, 3.8) is 0 Å². The van der Waals surface area contributed by atoms with Gasteiger partial charge in [-0.25, -0.2) is 0 Å². The molecule has 0 aromatic heterocycles. The quantitative estimate of drug-likeness (QED) is 0.786. The smallest absolute Gasteiger partial charge is 0.309 e.